The summed E-state index contributed by atoms with van der Waals surface area (Å²) >= 11 is 0. The summed E-state index contributed by atoms with van der Waals surface area (Å²) in [7, 11) is 0. The predicted molar refractivity (Wildman–Crippen MR) is 41.3 cm³/mol. The van der Waals surface area contributed by atoms with Gasteiger partial charge < -0.3 is 20.8 Å². The van der Waals surface area contributed by atoms with Gasteiger partial charge in [0.2, 0.25) is 5.91 Å². The Bertz CT molecular complexity index is 227. The summed E-state index contributed by atoms with van der Waals surface area (Å²) in [6.45, 7) is 0.827. The van der Waals surface area contributed by atoms with Gasteiger partial charge in [-0.1, -0.05) is 0 Å². The van der Waals surface area contributed by atoms with E-state index < -0.39 is 30.6 Å². The molecule has 0 aliphatic rings. The first-order valence-electron chi connectivity index (χ1n) is 3.42. The first kappa shape index (κ1) is 11.2. The van der Waals surface area contributed by atoms with Gasteiger partial charge in [-0.05, 0) is 6.92 Å². The summed E-state index contributed by atoms with van der Waals surface area (Å²) in [4.78, 5) is 30.9. The van der Waals surface area contributed by atoms with Gasteiger partial charge in [-0.2, -0.15) is 0 Å². The first-order valence-corrected chi connectivity index (χ1v) is 3.42. The maximum atomic E-state index is 10.8. The monoisotopic (exact) mass is 190 g/mol. The fourth-order valence-corrected chi connectivity index (χ4v) is 0.510. The van der Waals surface area contributed by atoms with Crippen LogP contribution in [0, 0.1) is 0 Å². The molecule has 0 rings (SSSR count). The van der Waals surface area contributed by atoms with Gasteiger partial charge in [0.15, 0.2) is 0 Å². The van der Waals surface area contributed by atoms with Crippen molar-refractivity contribution in [2.45, 2.75) is 13.0 Å². The third-order valence-corrected chi connectivity index (χ3v) is 1.15. The fourth-order valence-electron chi connectivity index (χ4n) is 0.510. The Morgan fingerprint density at radius 2 is 1.85 bits per heavy atom. The third kappa shape index (κ3) is 5.48. The Kier molecular flexibility index (Phi) is 4.28. The van der Waals surface area contributed by atoms with E-state index in [-0.39, 0.29) is 0 Å². The summed E-state index contributed by atoms with van der Waals surface area (Å²) in [6, 6.07) is -1.02. The van der Waals surface area contributed by atoms with E-state index >= 15 is 0 Å². The summed E-state index contributed by atoms with van der Waals surface area (Å²) in [5.74, 6) is -1.86. The van der Waals surface area contributed by atoms with Gasteiger partial charge in [-0.15, -0.1) is 0 Å². The Morgan fingerprint density at radius 3 is 2.23 bits per heavy atom. The highest BCUT2D eigenvalue weighted by Crippen LogP contribution is 1.79. The van der Waals surface area contributed by atoms with Crippen molar-refractivity contribution >= 4 is 18.0 Å². The van der Waals surface area contributed by atoms with Crippen molar-refractivity contribution < 1.29 is 24.6 Å². The second kappa shape index (κ2) is 4.96. The van der Waals surface area contributed by atoms with Gasteiger partial charge >= 0.3 is 12.1 Å². The van der Waals surface area contributed by atoms with Crippen LogP contribution in [-0.2, 0) is 9.59 Å². The van der Waals surface area contributed by atoms with Crippen LogP contribution in [0.4, 0.5) is 4.79 Å². The van der Waals surface area contributed by atoms with Gasteiger partial charge in [0, 0.05) is 0 Å². The summed E-state index contributed by atoms with van der Waals surface area (Å²) in [5.41, 5.74) is 0. The molecule has 0 fully saturated rings. The largest absolute Gasteiger partial charge is 0.480 e. The van der Waals surface area contributed by atoms with E-state index in [1.165, 1.54) is 6.92 Å². The molecule has 13 heavy (non-hydrogen) atoms. The van der Waals surface area contributed by atoms with Crippen molar-refractivity contribution in [2.24, 2.45) is 0 Å². The molecule has 0 aliphatic carbocycles. The molecule has 0 radical (unpaired) electrons. The Labute approximate surface area is 73.7 Å². The van der Waals surface area contributed by atoms with Crippen LogP contribution < -0.4 is 10.6 Å². The number of amides is 2. The molecule has 2 amide bonds. The quantitative estimate of drug-likeness (QED) is 0.446. The van der Waals surface area contributed by atoms with Crippen LogP contribution in [0.5, 0.6) is 0 Å². The number of hydrogen-bond acceptors (Lipinski definition) is 3. The van der Waals surface area contributed by atoms with Gasteiger partial charge in [0.1, 0.15) is 12.6 Å². The minimum Gasteiger partial charge on any atom is -0.480 e. The van der Waals surface area contributed by atoms with E-state index in [1.807, 2.05) is 0 Å². The van der Waals surface area contributed by atoms with E-state index in [0.29, 0.717) is 0 Å². The summed E-state index contributed by atoms with van der Waals surface area (Å²) in [6.07, 6.45) is -1.34. The van der Waals surface area contributed by atoms with E-state index in [4.69, 9.17) is 10.2 Å². The molecule has 0 aromatic heterocycles. The number of hydrogen-bond donors (Lipinski definition) is 4. The number of carbonyl (C=O) groups excluding carboxylic acids is 1. The molecule has 4 N–H and O–H groups in total. The van der Waals surface area contributed by atoms with Crippen molar-refractivity contribution in [3.8, 4) is 0 Å². The standard InChI is InChI=1S/C6H10N2O5/c1-3(5(10)11)8-4(9)2-7-6(12)13/h3,7H,2H2,1H3,(H,8,9)(H,10,11)(H,12,13). The van der Waals surface area contributed by atoms with Crippen LogP contribution in [0.15, 0.2) is 0 Å². The highest BCUT2D eigenvalue weighted by Gasteiger charge is 2.13. The minimum atomic E-state index is -1.34. The zero-order chi connectivity index (χ0) is 10.4. The zero-order valence-corrected chi connectivity index (χ0v) is 6.90. The number of carbonyl (C=O) groups is 3. The van der Waals surface area contributed by atoms with E-state index in [1.54, 1.807) is 5.32 Å². The van der Waals surface area contributed by atoms with Crippen LogP contribution >= 0.6 is 0 Å². The average Bonchev–Trinajstić information content (AvgIpc) is 2.00. The van der Waals surface area contributed by atoms with Crippen molar-refractivity contribution in [1.29, 1.82) is 0 Å². The average molecular weight is 190 g/mol. The van der Waals surface area contributed by atoms with Crippen LogP contribution in [0.25, 0.3) is 0 Å². The molecular formula is C6H10N2O5. The molecule has 7 nitrogen and oxygen atoms in total. The lowest BCUT2D eigenvalue weighted by Gasteiger charge is -2.08. The number of carboxylic acid groups (broad SMARTS) is 2. The molecule has 1 unspecified atom stereocenters. The Morgan fingerprint density at radius 1 is 1.31 bits per heavy atom. The topological polar surface area (TPSA) is 116 Å². The highest BCUT2D eigenvalue weighted by atomic mass is 16.4. The molecule has 0 saturated carbocycles. The molecule has 0 aliphatic heterocycles. The van der Waals surface area contributed by atoms with Gasteiger partial charge in [-0.25, -0.2) is 4.79 Å². The summed E-state index contributed by atoms with van der Waals surface area (Å²) < 4.78 is 0. The lowest BCUT2D eigenvalue weighted by atomic mass is 10.3. The number of carboxylic acids is 1. The fraction of sp³-hybridized carbons (Fsp3) is 0.500. The molecule has 0 heterocycles. The number of aliphatic carboxylic acids is 1. The van der Waals surface area contributed by atoms with Gasteiger partial charge in [-0.3, -0.25) is 9.59 Å². The smallest absolute Gasteiger partial charge is 0.405 e. The third-order valence-electron chi connectivity index (χ3n) is 1.15. The van der Waals surface area contributed by atoms with Crippen molar-refractivity contribution in [2.75, 3.05) is 6.54 Å². The summed E-state index contributed by atoms with van der Waals surface area (Å²) in [5, 5.41) is 20.3. The van der Waals surface area contributed by atoms with Crippen LogP contribution in [0.2, 0.25) is 0 Å². The lowest BCUT2D eigenvalue weighted by molar-refractivity contribution is -0.141. The normalized spacial score (nSPS) is 11.5. The highest BCUT2D eigenvalue weighted by molar-refractivity contribution is 5.86. The van der Waals surface area contributed by atoms with Gasteiger partial charge in [0.25, 0.3) is 0 Å². The molecule has 0 aromatic carbocycles. The van der Waals surface area contributed by atoms with Gasteiger partial charge in [0.05, 0.1) is 0 Å². The second-order valence-electron chi connectivity index (χ2n) is 2.29. The minimum absolute atomic E-state index is 0.451. The van der Waals surface area contributed by atoms with Crippen LogP contribution in [0.3, 0.4) is 0 Å². The first-order chi connectivity index (χ1) is 5.93. The van der Waals surface area contributed by atoms with Crippen molar-refractivity contribution in [1.82, 2.24) is 10.6 Å². The Hall–Kier alpha value is -1.79. The van der Waals surface area contributed by atoms with E-state index in [9.17, 15) is 14.4 Å². The molecule has 0 bridgehead atoms. The molecule has 74 valence electrons. The lowest BCUT2D eigenvalue weighted by Crippen LogP contribution is -2.43. The zero-order valence-electron chi connectivity index (χ0n) is 6.90. The molecule has 1 atom stereocenters. The second-order valence-corrected chi connectivity index (χ2v) is 2.29. The van der Waals surface area contributed by atoms with Crippen LogP contribution in [0.1, 0.15) is 6.92 Å². The molecule has 0 saturated heterocycles. The maximum Gasteiger partial charge on any atom is 0.405 e. The molecule has 0 spiro atoms. The SMILES string of the molecule is CC(NC(=O)CNC(=O)O)C(=O)O. The van der Waals surface area contributed by atoms with Crippen LogP contribution in [-0.4, -0.2) is 40.8 Å². The Balaban J connectivity index is 3.74. The number of rotatable bonds is 4. The molecule has 7 heteroatoms. The van der Waals surface area contributed by atoms with Crippen molar-refractivity contribution in [3.05, 3.63) is 0 Å². The number of nitrogens with one attached hydrogen (secondary N) is 2. The van der Waals surface area contributed by atoms with E-state index in [0.717, 1.165) is 0 Å². The maximum absolute atomic E-state index is 10.8. The molecular weight excluding hydrogens is 180 g/mol. The predicted octanol–water partition coefficient (Wildman–Crippen LogP) is -1.16. The molecule has 0 aromatic rings. The van der Waals surface area contributed by atoms with E-state index in [2.05, 4.69) is 5.32 Å². The van der Waals surface area contributed by atoms with Crippen molar-refractivity contribution in [3.63, 3.8) is 0 Å².